The van der Waals surface area contributed by atoms with Crippen LogP contribution in [0.25, 0.3) is 11.1 Å². The lowest BCUT2D eigenvalue weighted by molar-refractivity contribution is -0.385. The number of amides is 2. The number of non-ortho nitro benzene ring substituents is 1. The van der Waals surface area contributed by atoms with Gasteiger partial charge >= 0.3 is 6.03 Å². The molecule has 0 fully saturated rings. The fraction of sp³-hybridized carbons (Fsp3) is 0.269. The number of nitrogens with zero attached hydrogens (tertiary/aromatic N) is 1. The van der Waals surface area contributed by atoms with Crippen molar-refractivity contribution in [1.29, 1.82) is 0 Å². The van der Waals surface area contributed by atoms with E-state index in [1.807, 2.05) is 44.2 Å². The Bertz CT molecular complexity index is 1230. The lowest BCUT2D eigenvalue weighted by Crippen LogP contribution is -2.42. The van der Waals surface area contributed by atoms with Crippen molar-refractivity contribution in [2.45, 2.75) is 44.0 Å². The van der Waals surface area contributed by atoms with Crippen LogP contribution in [0.4, 0.5) is 10.5 Å². The molecule has 0 aromatic heterocycles. The van der Waals surface area contributed by atoms with Crippen molar-refractivity contribution >= 4 is 22.7 Å². The second-order valence-corrected chi connectivity index (χ2v) is 9.17. The van der Waals surface area contributed by atoms with E-state index in [9.17, 15) is 19.1 Å². The molecule has 0 heterocycles. The summed E-state index contributed by atoms with van der Waals surface area (Å²) in [6.07, 6.45) is 2.40. The Morgan fingerprint density at radius 2 is 1.78 bits per heavy atom. The number of hydrogen-bond acceptors (Lipinski definition) is 6. The van der Waals surface area contributed by atoms with Crippen molar-refractivity contribution in [2.75, 3.05) is 7.11 Å². The van der Waals surface area contributed by atoms with Gasteiger partial charge in [0.25, 0.3) is 5.69 Å². The monoisotopic (exact) mass is 511 g/mol. The van der Waals surface area contributed by atoms with Gasteiger partial charge in [-0.3, -0.25) is 14.8 Å². The van der Waals surface area contributed by atoms with Gasteiger partial charge in [-0.2, -0.15) is 0 Å². The molecule has 2 atom stereocenters. The summed E-state index contributed by atoms with van der Waals surface area (Å²) in [5, 5.41) is 14.1. The number of ether oxygens (including phenoxy) is 2. The highest BCUT2D eigenvalue weighted by molar-refractivity contribution is 7.83. The molecule has 2 N–H and O–H groups in total. The molecule has 190 valence electrons. The zero-order valence-electron chi connectivity index (χ0n) is 20.4. The molecule has 0 aliphatic carbocycles. The van der Waals surface area contributed by atoms with E-state index in [1.54, 1.807) is 25.3 Å². The number of nitro benzene ring substituents is 1. The number of carbonyl (C=O) groups is 1. The summed E-state index contributed by atoms with van der Waals surface area (Å²) in [5.74, 6) is 1.31. The second kappa shape index (κ2) is 12.7. The van der Waals surface area contributed by atoms with Crippen molar-refractivity contribution in [3.05, 3.63) is 76.8 Å². The van der Waals surface area contributed by atoms with Gasteiger partial charge in [0.15, 0.2) is 11.0 Å². The summed E-state index contributed by atoms with van der Waals surface area (Å²) in [4.78, 5) is 23.1. The van der Waals surface area contributed by atoms with Crippen molar-refractivity contribution < 1.29 is 23.4 Å². The zero-order valence-corrected chi connectivity index (χ0v) is 21.2. The summed E-state index contributed by atoms with van der Waals surface area (Å²) >= 11 is 0. The maximum absolute atomic E-state index is 13.0. The summed E-state index contributed by atoms with van der Waals surface area (Å²) in [6.45, 7) is 3.96. The van der Waals surface area contributed by atoms with E-state index in [0.717, 1.165) is 42.2 Å². The van der Waals surface area contributed by atoms with Gasteiger partial charge in [0.05, 0.1) is 12.0 Å². The van der Waals surface area contributed by atoms with Crippen LogP contribution in [0.1, 0.15) is 33.1 Å². The quantitative estimate of drug-likeness (QED) is 0.242. The smallest absolute Gasteiger partial charge is 0.327 e. The van der Waals surface area contributed by atoms with Gasteiger partial charge in [0.2, 0.25) is 0 Å². The number of rotatable bonds is 11. The highest BCUT2D eigenvalue weighted by Gasteiger charge is 2.20. The Morgan fingerprint density at radius 1 is 1.03 bits per heavy atom. The number of nitro groups is 1. The molecule has 9 nitrogen and oxygen atoms in total. The van der Waals surface area contributed by atoms with Gasteiger partial charge < -0.3 is 14.8 Å². The highest BCUT2D eigenvalue weighted by atomic mass is 32.2. The van der Waals surface area contributed by atoms with Crippen LogP contribution in [-0.4, -0.2) is 28.3 Å². The first-order valence-electron chi connectivity index (χ1n) is 11.5. The second-order valence-electron chi connectivity index (χ2n) is 7.98. The van der Waals surface area contributed by atoms with Crippen molar-refractivity contribution in [3.63, 3.8) is 0 Å². The summed E-state index contributed by atoms with van der Waals surface area (Å²) in [7, 11) is -0.500. The number of carbonyl (C=O) groups excluding carboxylic acids is 1. The number of methoxy groups -OCH3 is 1. The predicted octanol–water partition coefficient (Wildman–Crippen LogP) is 5.96. The molecule has 0 bridgehead atoms. The van der Waals surface area contributed by atoms with Crippen LogP contribution in [0.15, 0.2) is 71.6 Å². The Hall–Kier alpha value is -3.92. The molecule has 0 saturated heterocycles. The van der Waals surface area contributed by atoms with Gasteiger partial charge in [0.1, 0.15) is 22.1 Å². The van der Waals surface area contributed by atoms with Crippen molar-refractivity contribution in [3.8, 4) is 28.4 Å². The minimum atomic E-state index is -2.10. The van der Waals surface area contributed by atoms with Gasteiger partial charge in [-0.15, -0.1) is 0 Å². The highest BCUT2D eigenvalue weighted by Crippen LogP contribution is 2.33. The van der Waals surface area contributed by atoms with E-state index in [2.05, 4.69) is 10.0 Å². The maximum atomic E-state index is 13.0. The minimum absolute atomic E-state index is 0.0160. The standard InChI is InChI=1S/C26H29N3O6S/c1-4-7-20(5-2)27-26(30)28-36(33)25-17-21(29(31)32)12-15-24(25)35-23-9-6-8-19(16-23)18-10-13-22(34-3)14-11-18/h6,8-17,20H,4-5,7H2,1-3H3,(H2,27,28,30). The van der Waals surface area contributed by atoms with Crippen LogP contribution in [0.5, 0.6) is 17.2 Å². The van der Waals surface area contributed by atoms with Crippen LogP contribution in [0.2, 0.25) is 0 Å². The summed E-state index contributed by atoms with van der Waals surface area (Å²) in [6, 6.07) is 17.9. The molecule has 0 aliphatic heterocycles. The lowest BCUT2D eigenvalue weighted by Gasteiger charge is -2.17. The fourth-order valence-electron chi connectivity index (χ4n) is 3.57. The molecular weight excluding hydrogens is 482 g/mol. The fourth-order valence-corrected chi connectivity index (χ4v) is 4.43. The van der Waals surface area contributed by atoms with Crippen molar-refractivity contribution in [1.82, 2.24) is 10.0 Å². The van der Waals surface area contributed by atoms with Gasteiger partial charge in [-0.1, -0.05) is 44.5 Å². The third kappa shape index (κ3) is 7.05. The molecule has 0 radical (unpaired) electrons. The van der Waals surface area contributed by atoms with E-state index in [-0.39, 0.29) is 22.4 Å². The molecule has 0 saturated carbocycles. The number of urea groups is 1. The molecule has 10 heteroatoms. The number of hydrogen-bond donors (Lipinski definition) is 2. The molecule has 2 amide bonds. The SMILES string of the molecule is CCCC(CC)NC(=O)NS(=O)c1cc([N+](=O)[O-])ccc1Oc1cccc(-c2ccc(OC)cc2)c1. The number of benzene rings is 3. The van der Waals surface area contributed by atoms with Crippen LogP contribution in [0, 0.1) is 10.1 Å². The van der Waals surface area contributed by atoms with E-state index in [0.29, 0.717) is 5.75 Å². The van der Waals surface area contributed by atoms with Crippen LogP contribution in [0.3, 0.4) is 0 Å². The Morgan fingerprint density at radius 3 is 2.42 bits per heavy atom. The predicted molar refractivity (Wildman–Crippen MR) is 139 cm³/mol. The largest absolute Gasteiger partial charge is 0.497 e. The first-order chi connectivity index (χ1) is 17.3. The van der Waals surface area contributed by atoms with Crippen molar-refractivity contribution in [2.24, 2.45) is 0 Å². The van der Waals surface area contributed by atoms with E-state index in [4.69, 9.17) is 9.47 Å². The normalized spacial score (nSPS) is 12.3. The topological polar surface area (TPSA) is 120 Å². The third-order valence-electron chi connectivity index (χ3n) is 5.47. The number of nitrogens with one attached hydrogen (secondary N) is 2. The first kappa shape index (κ1) is 26.7. The maximum Gasteiger partial charge on any atom is 0.327 e. The third-order valence-corrected chi connectivity index (χ3v) is 6.56. The molecule has 36 heavy (non-hydrogen) atoms. The molecule has 3 rings (SSSR count). The van der Waals surface area contributed by atoms with Crippen LogP contribution < -0.4 is 19.5 Å². The average Bonchev–Trinajstić information content (AvgIpc) is 2.88. The Kier molecular flexibility index (Phi) is 9.40. The first-order valence-corrected chi connectivity index (χ1v) is 12.7. The van der Waals surface area contributed by atoms with Crippen LogP contribution >= 0.6 is 0 Å². The van der Waals surface area contributed by atoms with E-state index in [1.165, 1.54) is 12.1 Å². The summed E-state index contributed by atoms with van der Waals surface area (Å²) < 4.78 is 26.6. The zero-order chi connectivity index (χ0) is 26.1. The average molecular weight is 512 g/mol. The van der Waals surface area contributed by atoms with Gasteiger partial charge in [-0.25, -0.2) is 9.00 Å². The molecule has 2 unspecified atom stereocenters. The molecule has 3 aromatic rings. The minimum Gasteiger partial charge on any atom is -0.497 e. The Labute approximate surface area is 212 Å². The van der Waals surface area contributed by atoms with Gasteiger partial charge in [0, 0.05) is 18.2 Å². The summed E-state index contributed by atoms with van der Waals surface area (Å²) in [5.41, 5.74) is 1.54. The van der Waals surface area contributed by atoms with E-state index < -0.39 is 21.9 Å². The lowest BCUT2D eigenvalue weighted by atomic mass is 10.1. The molecule has 0 aliphatic rings. The Balaban J connectivity index is 1.85. The molecule has 3 aromatic carbocycles. The molecular formula is C26H29N3O6S. The van der Waals surface area contributed by atoms with Crippen LogP contribution in [-0.2, 0) is 11.0 Å². The van der Waals surface area contributed by atoms with Gasteiger partial charge in [-0.05, 0) is 54.3 Å². The molecule has 0 spiro atoms. The van der Waals surface area contributed by atoms with E-state index >= 15 is 0 Å².